The molecule has 0 aromatic carbocycles. The molecule has 0 radical (unpaired) electrons. The molecule has 2 aromatic heterocycles. The van der Waals surface area contributed by atoms with Crippen LogP contribution in [0.25, 0.3) is 0 Å². The summed E-state index contributed by atoms with van der Waals surface area (Å²) >= 11 is 1.61. The molecule has 0 aliphatic carbocycles. The molecular formula is C11H15N3OS. The number of oxazole rings is 1. The molecule has 0 aliphatic heterocycles. The van der Waals surface area contributed by atoms with Gasteiger partial charge in [-0.15, -0.1) is 11.3 Å². The maximum Gasteiger partial charge on any atom is 0.213 e. The molecule has 2 aromatic rings. The minimum atomic E-state index is 0.594. The van der Waals surface area contributed by atoms with Gasteiger partial charge >= 0.3 is 0 Å². The van der Waals surface area contributed by atoms with Crippen LogP contribution in [0.3, 0.4) is 0 Å². The highest BCUT2D eigenvalue weighted by Gasteiger charge is 2.04. The molecule has 1 N–H and O–H groups in total. The zero-order valence-electron chi connectivity index (χ0n) is 9.49. The summed E-state index contributed by atoms with van der Waals surface area (Å²) in [5, 5.41) is 6.19. The number of aryl methyl sites for hydroxylation is 2. The summed E-state index contributed by atoms with van der Waals surface area (Å²) in [6.45, 7) is 4.74. The summed E-state index contributed by atoms with van der Waals surface area (Å²) in [6.07, 6.45) is 3.62. The highest BCUT2D eigenvalue weighted by molar-refractivity contribution is 7.13. The normalized spacial score (nSPS) is 10.6. The third-order valence-corrected chi connectivity index (χ3v) is 3.10. The molecule has 86 valence electrons. The van der Waals surface area contributed by atoms with Gasteiger partial charge in [0.05, 0.1) is 18.4 Å². The van der Waals surface area contributed by atoms with Crippen LogP contribution >= 0.6 is 11.3 Å². The SMILES string of the molecule is CCc1csc(NCc2ncc(CC)o2)n1. The molecule has 0 bridgehead atoms. The molecule has 0 saturated heterocycles. The number of nitrogens with one attached hydrogen (secondary N) is 1. The van der Waals surface area contributed by atoms with E-state index < -0.39 is 0 Å². The summed E-state index contributed by atoms with van der Waals surface area (Å²) < 4.78 is 5.49. The fourth-order valence-corrected chi connectivity index (χ4v) is 2.09. The van der Waals surface area contributed by atoms with Crippen molar-refractivity contribution in [3.63, 3.8) is 0 Å². The highest BCUT2D eigenvalue weighted by atomic mass is 32.1. The predicted molar refractivity (Wildman–Crippen MR) is 64.7 cm³/mol. The second-order valence-electron chi connectivity index (χ2n) is 3.42. The molecule has 5 heteroatoms. The van der Waals surface area contributed by atoms with Gasteiger partial charge in [-0.3, -0.25) is 0 Å². The minimum Gasteiger partial charge on any atom is -0.444 e. The number of rotatable bonds is 5. The van der Waals surface area contributed by atoms with Crippen LogP contribution in [0, 0.1) is 0 Å². The van der Waals surface area contributed by atoms with E-state index in [-0.39, 0.29) is 0 Å². The number of hydrogen-bond donors (Lipinski definition) is 1. The first-order valence-electron chi connectivity index (χ1n) is 5.43. The van der Waals surface area contributed by atoms with Crippen LogP contribution in [0.5, 0.6) is 0 Å². The third kappa shape index (κ3) is 2.61. The molecule has 16 heavy (non-hydrogen) atoms. The van der Waals surface area contributed by atoms with Crippen molar-refractivity contribution in [3.05, 3.63) is 28.9 Å². The number of hydrogen-bond acceptors (Lipinski definition) is 5. The van der Waals surface area contributed by atoms with Crippen LogP contribution in [-0.4, -0.2) is 9.97 Å². The fourth-order valence-electron chi connectivity index (χ4n) is 1.29. The van der Waals surface area contributed by atoms with Crippen LogP contribution in [0.15, 0.2) is 16.0 Å². The largest absolute Gasteiger partial charge is 0.444 e. The molecule has 0 unspecified atom stereocenters. The Morgan fingerprint density at radius 3 is 2.88 bits per heavy atom. The van der Waals surface area contributed by atoms with Crippen molar-refractivity contribution < 1.29 is 4.42 Å². The lowest BCUT2D eigenvalue weighted by Crippen LogP contribution is -1.99. The van der Waals surface area contributed by atoms with Crippen LogP contribution in [0.4, 0.5) is 5.13 Å². The maximum atomic E-state index is 5.49. The van der Waals surface area contributed by atoms with E-state index in [1.165, 1.54) is 0 Å². The van der Waals surface area contributed by atoms with E-state index in [4.69, 9.17) is 4.42 Å². The number of nitrogens with zero attached hydrogens (tertiary/aromatic N) is 2. The van der Waals surface area contributed by atoms with Crippen molar-refractivity contribution in [1.82, 2.24) is 9.97 Å². The Balaban J connectivity index is 1.91. The molecule has 0 atom stereocenters. The number of anilines is 1. The molecule has 0 spiro atoms. The number of thiazole rings is 1. The van der Waals surface area contributed by atoms with Crippen LogP contribution < -0.4 is 5.32 Å². The smallest absolute Gasteiger partial charge is 0.213 e. The first kappa shape index (κ1) is 11.1. The molecule has 0 aliphatic rings. The Bertz CT molecular complexity index is 407. The van der Waals surface area contributed by atoms with Crippen molar-refractivity contribution in [2.24, 2.45) is 0 Å². The summed E-state index contributed by atoms with van der Waals surface area (Å²) in [5.74, 6) is 1.63. The highest BCUT2D eigenvalue weighted by Crippen LogP contribution is 2.16. The lowest BCUT2D eigenvalue weighted by molar-refractivity contribution is 0.466. The van der Waals surface area contributed by atoms with Gasteiger partial charge in [0.15, 0.2) is 5.13 Å². The van der Waals surface area contributed by atoms with Crippen LogP contribution in [0.2, 0.25) is 0 Å². The lowest BCUT2D eigenvalue weighted by atomic mass is 10.4. The average molecular weight is 237 g/mol. The van der Waals surface area contributed by atoms with Crippen molar-refractivity contribution in [2.45, 2.75) is 33.2 Å². The van der Waals surface area contributed by atoms with E-state index >= 15 is 0 Å². The summed E-state index contributed by atoms with van der Waals surface area (Å²) in [5.41, 5.74) is 1.12. The average Bonchev–Trinajstić information content (AvgIpc) is 2.95. The van der Waals surface area contributed by atoms with Crippen molar-refractivity contribution in [3.8, 4) is 0 Å². The predicted octanol–water partition coefficient (Wildman–Crippen LogP) is 2.87. The standard InChI is InChI=1S/C11H15N3OS/c1-3-8-7-16-11(14-8)13-6-10-12-5-9(4-2)15-10/h5,7H,3-4,6H2,1-2H3,(H,13,14). The van der Waals surface area contributed by atoms with Gasteiger partial charge in [-0.05, 0) is 6.42 Å². The van der Waals surface area contributed by atoms with Gasteiger partial charge in [0.25, 0.3) is 0 Å². The van der Waals surface area contributed by atoms with Gasteiger partial charge in [-0.1, -0.05) is 13.8 Å². The van der Waals surface area contributed by atoms with Crippen molar-refractivity contribution in [1.29, 1.82) is 0 Å². The van der Waals surface area contributed by atoms with Gasteiger partial charge in [-0.2, -0.15) is 0 Å². The van der Waals surface area contributed by atoms with E-state index in [1.54, 1.807) is 17.5 Å². The van der Waals surface area contributed by atoms with E-state index in [0.717, 1.165) is 29.4 Å². The molecular weight excluding hydrogens is 222 g/mol. The molecule has 0 fully saturated rings. The zero-order chi connectivity index (χ0) is 11.4. The second kappa shape index (κ2) is 5.12. The lowest BCUT2D eigenvalue weighted by Gasteiger charge is -1.97. The Kier molecular flexibility index (Phi) is 3.56. The summed E-state index contributed by atoms with van der Waals surface area (Å²) in [6, 6.07) is 0. The van der Waals surface area contributed by atoms with Crippen molar-refractivity contribution >= 4 is 16.5 Å². The third-order valence-electron chi connectivity index (χ3n) is 2.25. The van der Waals surface area contributed by atoms with Gasteiger partial charge in [-0.25, -0.2) is 9.97 Å². The Morgan fingerprint density at radius 1 is 1.38 bits per heavy atom. The van der Waals surface area contributed by atoms with E-state index in [1.807, 2.05) is 6.92 Å². The van der Waals surface area contributed by atoms with E-state index in [9.17, 15) is 0 Å². The first-order chi connectivity index (χ1) is 7.81. The van der Waals surface area contributed by atoms with Gasteiger partial charge in [0.2, 0.25) is 5.89 Å². The van der Waals surface area contributed by atoms with E-state index in [0.29, 0.717) is 12.4 Å². The van der Waals surface area contributed by atoms with Gasteiger partial charge in [0, 0.05) is 11.8 Å². The van der Waals surface area contributed by atoms with Crippen molar-refractivity contribution in [2.75, 3.05) is 5.32 Å². The molecule has 0 saturated carbocycles. The monoisotopic (exact) mass is 237 g/mol. The zero-order valence-corrected chi connectivity index (χ0v) is 10.3. The topological polar surface area (TPSA) is 51.0 Å². The molecule has 4 nitrogen and oxygen atoms in total. The summed E-state index contributed by atoms with van der Waals surface area (Å²) in [7, 11) is 0. The maximum absolute atomic E-state index is 5.49. The Morgan fingerprint density at radius 2 is 2.25 bits per heavy atom. The van der Waals surface area contributed by atoms with Crippen LogP contribution in [-0.2, 0) is 19.4 Å². The molecule has 2 heterocycles. The molecule has 2 rings (SSSR count). The van der Waals surface area contributed by atoms with E-state index in [2.05, 4.69) is 27.6 Å². The molecule has 0 amide bonds. The Labute approximate surface area is 98.7 Å². The quantitative estimate of drug-likeness (QED) is 0.868. The first-order valence-corrected chi connectivity index (χ1v) is 6.31. The minimum absolute atomic E-state index is 0.594. The summed E-state index contributed by atoms with van der Waals surface area (Å²) in [4.78, 5) is 8.59. The van der Waals surface area contributed by atoms with Gasteiger partial charge in [0.1, 0.15) is 5.76 Å². The second-order valence-corrected chi connectivity index (χ2v) is 4.28. The fraction of sp³-hybridized carbons (Fsp3) is 0.455. The van der Waals surface area contributed by atoms with Gasteiger partial charge < -0.3 is 9.73 Å². The number of aromatic nitrogens is 2. The Hall–Kier alpha value is -1.36. The van der Waals surface area contributed by atoms with Crippen LogP contribution in [0.1, 0.15) is 31.2 Å².